The molecule has 222 valence electrons. The smallest absolute Gasteiger partial charge is 0.416 e. The number of nitrogens with zero attached hydrogens (tertiary/aromatic N) is 2. The second-order valence-electron chi connectivity index (χ2n) is 8.73. The van der Waals surface area contributed by atoms with Gasteiger partial charge in [0, 0.05) is 11.1 Å². The standard InChI is InChI=1S/C31H31F3N2O6/c1-5-41-36-29(21(2)35-42-19-24-10-6-7-12-27(24)28(20-38-3)30(37)39-4)23-13-15-26(16-14-23)40-18-22-9-8-11-25(17-22)31(32,33)34/h6-17,20H,5,18-19H2,1-4H3/b28-20?,35-21-,36-29+. The molecule has 0 bridgehead atoms. The number of hydrogen-bond donors (Lipinski definition) is 0. The van der Waals surface area contributed by atoms with Gasteiger partial charge in [0.05, 0.1) is 26.0 Å². The van der Waals surface area contributed by atoms with E-state index in [2.05, 4.69) is 10.3 Å². The molecular formula is C31H31F3N2O6. The van der Waals surface area contributed by atoms with E-state index in [4.69, 9.17) is 23.9 Å². The lowest BCUT2D eigenvalue weighted by atomic mass is 10.0. The van der Waals surface area contributed by atoms with Gasteiger partial charge in [-0.1, -0.05) is 46.7 Å². The number of oxime groups is 2. The largest absolute Gasteiger partial charge is 0.503 e. The number of carbonyl (C=O) groups is 1. The van der Waals surface area contributed by atoms with Crippen molar-refractivity contribution >= 4 is 23.0 Å². The molecule has 0 aromatic heterocycles. The van der Waals surface area contributed by atoms with E-state index in [-0.39, 0.29) is 18.8 Å². The minimum atomic E-state index is -4.42. The Morgan fingerprint density at radius 3 is 2.31 bits per heavy atom. The highest BCUT2D eigenvalue weighted by molar-refractivity contribution is 6.47. The summed E-state index contributed by atoms with van der Waals surface area (Å²) < 4.78 is 54.5. The predicted molar refractivity (Wildman–Crippen MR) is 152 cm³/mol. The van der Waals surface area contributed by atoms with E-state index in [1.54, 1.807) is 68.4 Å². The van der Waals surface area contributed by atoms with Crippen molar-refractivity contribution < 1.29 is 41.9 Å². The summed E-state index contributed by atoms with van der Waals surface area (Å²) in [6.07, 6.45) is -3.12. The Morgan fingerprint density at radius 1 is 0.905 bits per heavy atom. The Labute approximate surface area is 242 Å². The van der Waals surface area contributed by atoms with Crippen LogP contribution >= 0.6 is 0 Å². The molecule has 42 heavy (non-hydrogen) atoms. The van der Waals surface area contributed by atoms with Gasteiger partial charge in [0.15, 0.2) is 0 Å². The molecule has 8 nitrogen and oxygen atoms in total. The second-order valence-corrected chi connectivity index (χ2v) is 8.73. The van der Waals surface area contributed by atoms with Crippen LogP contribution in [0.15, 0.2) is 89.4 Å². The zero-order chi connectivity index (χ0) is 30.5. The van der Waals surface area contributed by atoms with E-state index in [0.29, 0.717) is 46.0 Å². The molecule has 0 radical (unpaired) electrons. The van der Waals surface area contributed by atoms with Gasteiger partial charge in [0.25, 0.3) is 0 Å². The quantitative estimate of drug-likeness (QED) is 0.0724. The number of carbonyl (C=O) groups excluding carboxylic acids is 1. The van der Waals surface area contributed by atoms with Gasteiger partial charge >= 0.3 is 12.1 Å². The first kappa shape index (κ1) is 31.7. The van der Waals surface area contributed by atoms with Gasteiger partial charge in [-0.25, -0.2) is 4.79 Å². The number of benzene rings is 3. The Hall–Kier alpha value is -4.80. The van der Waals surface area contributed by atoms with E-state index in [1.807, 2.05) is 0 Å². The van der Waals surface area contributed by atoms with Gasteiger partial charge < -0.3 is 23.9 Å². The van der Waals surface area contributed by atoms with Crippen molar-refractivity contribution in [1.29, 1.82) is 0 Å². The van der Waals surface area contributed by atoms with Crippen LogP contribution in [0.3, 0.4) is 0 Å². The lowest BCUT2D eigenvalue weighted by molar-refractivity contribution is -0.137. The SMILES string of the molecule is CCO/N=C(\C(C)=N/OCc1ccccc1C(=COC)C(=O)OC)c1ccc(OCc2cccc(C(F)(F)F)c2)cc1. The number of rotatable bonds is 13. The number of esters is 1. The van der Waals surface area contributed by atoms with E-state index >= 15 is 0 Å². The molecule has 0 saturated heterocycles. The maximum atomic E-state index is 13.0. The average molecular weight is 585 g/mol. The van der Waals surface area contributed by atoms with Gasteiger partial charge in [-0.15, -0.1) is 0 Å². The summed E-state index contributed by atoms with van der Waals surface area (Å²) in [5, 5.41) is 8.37. The van der Waals surface area contributed by atoms with Crippen molar-refractivity contribution in [2.45, 2.75) is 33.2 Å². The highest BCUT2D eigenvalue weighted by Gasteiger charge is 2.30. The van der Waals surface area contributed by atoms with Crippen molar-refractivity contribution in [2.75, 3.05) is 20.8 Å². The van der Waals surface area contributed by atoms with E-state index in [9.17, 15) is 18.0 Å². The molecule has 11 heteroatoms. The molecule has 0 aliphatic heterocycles. The van der Waals surface area contributed by atoms with Crippen molar-refractivity contribution in [2.24, 2.45) is 10.3 Å². The average Bonchev–Trinajstić information content (AvgIpc) is 2.99. The van der Waals surface area contributed by atoms with Gasteiger partial charge in [0.1, 0.15) is 42.6 Å². The fourth-order valence-electron chi connectivity index (χ4n) is 3.77. The van der Waals surface area contributed by atoms with E-state index in [1.165, 1.54) is 26.5 Å². The number of hydrogen-bond acceptors (Lipinski definition) is 8. The third-order valence-corrected chi connectivity index (χ3v) is 5.79. The number of methoxy groups -OCH3 is 2. The summed E-state index contributed by atoms with van der Waals surface area (Å²) in [5.74, 6) is -0.0998. The minimum absolute atomic E-state index is 0.0315. The van der Waals surface area contributed by atoms with Gasteiger partial charge in [0.2, 0.25) is 0 Å². The highest BCUT2D eigenvalue weighted by atomic mass is 19.4. The molecule has 0 amide bonds. The van der Waals surface area contributed by atoms with Crippen LogP contribution in [0.1, 0.15) is 41.7 Å². The molecule has 3 aromatic carbocycles. The van der Waals surface area contributed by atoms with Crippen LogP contribution in [-0.4, -0.2) is 38.2 Å². The highest BCUT2D eigenvalue weighted by Crippen LogP contribution is 2.30. The Kier molecular flexibility index (Phi) is 11.5. The minimum Gasteiger partial charge on any atom is -0.503 e. The van der Waals surface area contributed by atoms with Crippen molar-refractivity contribution in [3.8, 4) is 5.75 Å². The summed E-state index contributed by atoms with van der Waals surface area (Å²) in [6.45, 7) is 3.82. The fraction of sp³-hybridized carbons (Fsp3) is 0.258. The third kappa shape index (κ3) is 8.85. The van der Waals surface area contributed by atoms with Crippen molar-refractivity contribution in [1.82, 2.24) is 0 Å². The zero-order valence-electron chi connectivity index (χ0n) is 23.6. The molecule has 0 aliphatic carbocycles. The molecular weight excluding hydrogens is 553 g/mol. The van der Waals surface area contributed by atoms with Crippen LogP contribution in [0.25, 0.3) is 5.57 Å². The topological polar surface area (TPSA) is 87.9 Å². The van der Waals surface area contributed by atoms with Gasteiger partial charge in [-0.05, 0) is 61.4 Å². The van der Waals surface area contributed by atoms with E-state index < -0.39 is 17.7 Å². The first-order valence-corrected chi connectivity index (χ1v) is 12.8. The molecule has 0 spiro atoms. The summed E-state index contributed by atoms with van der Waals surface area (Å²) >= 11 is 0. The normalized spacial score (nSPS) is 12.5. The van der Waals surface area contributed by atoms with Crippen LogP contribution in [0.5, 0.6) is 5.75 Å². The van der Waals surface area contributed by atoms with Crippen LogP contribution < -0.4 is 4.74 Å². The fourth-order valence-corrected chi connectivity index (χ4v) is 3.77. The summed E-state index contributed by atoms with van der Waals surface area (Å²) in [5.41, 5.74) is 2.61. The zero-order valence-corrected chi connectivity index (χ0v) is 23.6. The molecule has 3 rings (SSSR count). The molecule has 0 N–H and O–H groups in total. The Bertz CT molecular complexity index is 1430. The monoisotopic (exact) mass is 584 g/mol. The van der Waals surface area contributed by atoms with E-state index in [0.717, 1.165) is 12.1 Å². The Balaban J connectivity index is 1.73. The third-order valence-electron chi connectivity index (χ3n) is 5.79. The molecule has 0 heterocycles. The number of halogens is 3. The molecule has 0 aliphatic rings. The van der Waals surface area contributed by atoms with Crippen LogP contribution in [0.2, 0.25) is 0 Å². The molecule has 0 unspecified atom stereocenters. The molecule has 0 saturated carbocycles. The molecule has 3 aromatic rings. The lowest BCUT2D eigenvalue weighted by Gasteiger charge is -2.12. The predicted octanol–water partition coefficient (Wildman–Crippen LogP) is 6.78. The van der Waals surface area contributed by atoms with Gasteiger partial charge in [-0.3, -0.25) is 0 Å². The summed E-state index contributed by atoms with van der Waals surface area (Å²) in [7, 11) is 2.72. The molecule has 0 atom stereocenters. The number of alkyl halides is 3. The summed E-state index contributed by atoms with van der Waals surface area (Å²) in [4.78, 5) is 23.2. The van der Waals surface area contributed by atoms with Gasteiger partial charge in [-0.2, -0.15) is 13.2 Å². The Morgan fingerprint density at radius 2 is 1.64 bits per heavy atom. The van der Waals surface area contributed by atoms with Crippen molar-refractivity contribution in [3.05, 3.63) is 107 Å². The maximum Gasteiger partial charge on any atom is 0.416 e. The van der Waals surface area contributed by atoms with Crippen LogP contribution in [0.4, 0.5) is 13.2 Å². The first-order valence-electron chi connectivity index (χ1n) is 12.8. The maximum absolute atomic E-state index is 13.0. The first-order chi connectivity index (χ1) is 20.2. The van der Waals surface area contributed by atoms with Crippen LogP contribution in [-0.2, 0) is 43.3 Å². The van der Waals surface area contributed by atoms with Crippen molar-refractivity contribution in [3.63, 3.8) is 0 Å². The lowest BCUT2D eigenvalue weighted by Crippen LogP contribution is -2.14. The number of ether oxygens (including phenoxy) is 3. The summed E-state index contributed by atoms with van der Waals surface area (Å²) in [6, 6.07) is 18.9. The second kappa shape index (κ2) is 15.3. The van der Waals surface area contributed by atoms with Crippen LogP contribution in [0, 0.1) is 0 Å². The molecule has 0 fully saturated rings.